The minimum atomic E-state index is -0.459. The Morgan fingerprint density at radius 1 is 1.33 bits per heavy atom. The van der Waals surface area contributed by atoms with E-state index in [9.17, 15) is 5.11 Å². The molecule has 18 heavy (non-hydrogen) atoms. The third-order valence-electron chi connectivity index (χ3n) is 3.16. The molecule has 0 aromatic heterocycles. The molecule has 3 heteroatoms. The summed E-state index contributed by atoms with van der Waals surface area (Å²) in [6.45, 7) is 8.43. The smallest absolute Gasteiger partial charge is 0.125 e. The standard InChI is InChI=1S/C15H24O2S/c1-6-12(4)18-9-13(16)15-11(3)7-10(2)8-14(15)17-5/h7-8,12-13,16H,6,9H2,1-5H3. The maximum atomic E-state index is 10.3. The summed E-state index contributed by atoms with van der Waals surface area (Å²) in [6, 6.07) is 4.08. The van der Waals surface area contributed by atoms with E-state index in [4.69, 9.17) is 4.74 Å². The van der Waals surface area contributed by atoms with Crippen LogP contribution in [0.1, 0.15) is 43.1 Å². The van der Waals surface area contributed by atoms with Gasteiger partial charge < -0.3 is 9.84 Å². The Labute approximate surface area is 115 Å². The molecular formula is C15H24O2S. The highest BCUT2D eigenvalue weighted by Gasteiger charge is 2.17. The number of aryl methyl sites for hydroxylation is 2. The molecule has 1 rings (SSSR count). The lowest BCUT2D eigenvalue weighted by Crippen LogP contribution is -2.08. The van der Waals surface area contributed by atoms with Crippen molar-refractivity contribution in [3.05, 3.63) is 28.8 Å². The minimum Gasteiger partial charge on any atom is -0.496 e. The fraction of sp³-hybridized carbons (Fsp3) is 0.600. The molecule has 0 aliphatic rings. The minimum absolute atomic E-state index is 0.459. The second kappa shape index (κ2) is 7.05. The highest BCUT2D eigenvalue weighted by Crippen LogP contribution is 2.32. The second-order valence-corrected chi connectivity index (χ2v) is 6.24. The third kappa shape index (κ3) is 3.92. The summed E-state index contributed by atoms with van der Waals surface area (Å²) in [5, 5.41) is 10.9. The number of thioether (sulfide) groups is 1. The number of rotatable bonds is 6. The molecule has 0 aliphatic carbocycles. The maximum Gasteiger partial charge on any atom is 0.125 e. The monoisotopic (exact) mass is 268 g/mol. The van der Waals surface area contributed by atoms with Crippen LogP contribution in [0.4, 0.5) is 0 Å². The van der Waals surface area contributed by atoms with Crippen molar-refractivity contribution >= 4 is 11.8 Å². The van der Waals surface area contributed by atoms with Gasteiger partial charge in [-0.2, -0.15) is 11.8 Å². The van der Waals surface area contributed by atoms with Gasteiger partial charge in [0, 0.05) is 16.6 Å². The summed E-state index contributed by atoms with van der Waals surface area (Å²) in [4.78, 5) is 0. The molecule has 2 atom stereocenters. The van der Waals surface area contributed by atoms with E-state index in [1.165, 1.54) is 0 Å². The van der Waals surface area contributed by atoms with Crippen molar-refractivity contribution in [3.8, 4) is 5.75 Å². The van der Waals surface area contributed by atoms with Gasteiger partial charge in [0.25, 0.3) is 0 Å². The normalized spacial score (nSPS) is 14.3. The summed E-state index contributed by atoms with van der Waals surface area (Å²) >= 11 is 1.81. The number of ether oxygens (including phenoxy) is 1. The zero-order chi connectivity index (χ0) is 13.7. The quantitative estimate of drug-likeness (QED) is 0.849. The van der Waals surface area contributed by atoms with Crippen LogP contribution in [-0.2, 0) is 0 Å². The molecule has 0 spiro atoms. The topological polar surface area (TPSA) is 29.5 Å². The fourth-order valence-electron chi connectivity index (χ4n) is 1.99. The Balaban J connectivity index is 2.87. The van der Waals surface area contributed by atoms with Gasteiger partial charge in [0.15, 0.2) is 0 Å². The largest absolute Gasteiger partial charge is 0.496 e. The van der Waals surface area contributed by atoms with Gasteiger partial charge in [-0.1, -0.05) is 19.9 Å². The Morgan fingerprint density at radius 3 is 2.56 bits per heavy atom. The van der Waals surface area contributed by atoms with Crippen molar-refractivity contribution in [2.45, 2.75) is 45.5 Å². The van der Waals surface area contributed by atoms with E-state index < -0.39 is 6.10 Å². The van der Waals surface area contributed by atoms with Gasteiger partial charge in [0.2, 0.25) is 0 Å². The van der Waals surface area contributed by atoms with Crippen LogP contribution in [0.25, 0.3) is 0 Å². The van der Waals surface area contributed by atoms with Gasteiger partial charge in [0.1, 0.15) is 5.75 Å². The van der Waals surface area contributed by atoms with Crippen LogP contribution >= 0.6 is 11.8 Å². The molecule has 0 aliphatic heterocycles. The van der Waals surface area contributed by atoms with E-state index in [0.29, 0.717) is 5.25 Å². The van der Waals surface area contributed by atoms with Crippen molar-refractivity contribution < 1.29 is 9.84 Å². The zero-order valence-corrected chi connectivity index (χ0v) is 12.8. The average Bonchev–Trinajstić information content (AvgIpc) is 2.34. The second-order valence-electron chi connectivity index (χ2n) is 4.77. The molecular weight excluding hydrogens is 244 g/mol. The van der Waals surface area contributed by atoms with Crippen LogP contribution in [0.2, 0.25) is 0 Å². The number of methoxy groups -OCH3 is 1. The summed E-state index contributed by atoms with van der Waals surface area (Å²) < 4.78 is 5.39. The maximum absolute atomic E-state index is 10.3. The molecule has 102 valence electrons. The first-order chi connectivity index (χ1) is 8.49. The molecule has 0 saturated heterocycles. The molecule has 0 fully saturated rings. The van der Waals surface area contributed by atoms with Crippen molar-refractivity contribution in [2.24, 2.45) is 0 Å². The van der Waals surface area contributed by atoms with Crippen LogP contribution in [0.5, 0.6) is 5.75 Å². The van der Waals surface area contributed by atoms with E-state index in [1.807, 2.05) is 19.9 Å². The molecule has 0 radical (unpaired) electrons. The van der Waals surface area contributed by atoms with E-state index in [0.717, 1.165) is 34.6 Å². The average molecular weight is 268 g/mol. The highest BCUT2D eigenvalue weighted by molar-refractivity contribution is 7.99. The molecule has 0 heterocycles. The predicted octanol–water partition coefficient (Wildman–Crippen LogP) is 3.88. The summed E-state index contributed by atoms with van der Waals surface area (Å²) in [5.74, 6) is 1.51. The Morgan fingerprint density at radius 2 is 2.00 bits per heavy atom. The van der Waals surface area contributed by atoms with E-state index >= 15 is 0 Å². The van der Waals surface area contributed by atoms with Crippen LogP contribution in [-0.4, -0.2) is 23.2 Å². The SMILES string of the molecule is CCC(C)SCC(O)c1c(C)cc(C)cc1OC. The summed E-state index contributed by atoms with van der Waals surface area (Å²) in [5.41, 5.74) is 3.19. The van der Waals surface area contributed by atoms with Crippen LogP contribution in [0, 0.1) is 13.8 Å². The van der Waals surface area contributed by atoms with Crippen molar-refractivity contribution in [1.82, 2.24) is 0 Å². The lowest BCUT2D eigenvalue weighted by Gasteiger charge is -2.19. The van der Waals surface area contributed by atoms with Crippen LogP contribution in [0.15, 0.2) is 12.1 Å². The van der Waals surface area contributed by atoms with Gasteiger partial charge in [0.05, 0.1) is 13.2 Å². The first-order valence-electron chi connectivity index (χ1n) is 6.44. The lowest BCUT2D eigenvalue weighted by molar-refractivity contribution is 0.198. The lowest BCUT2D eigenvalue weighted by atomic mass is 10.0. The van der Waals surface area contributed by atoms with Gasteiger partial charge in [-0.15, -0.1) is 0 Å². The fourth-order valence-corrected chi connectivity index (χ4v) is 2.91. The first kappa shape index (κ1) is 15.4. The Hall–Kier alpha value is -0.670. The number of aliphatic hydroxyl groups excluding tert-OH is 1. The molecule has 1 N–H and O–H groups in total. The number of hydrogen-bond donors (Lipinski definition) is 1. The van der Waals surface area contributed by atoms with Crippen molar-refractivity contribution in [2.75, 3.05) is 12.9 Å². The number of hydrogen-bond acceptors (Lipinski definition) is 3. The predicted molar refractivity (Wildman–Crippen MR) is 79.6 cm³/mol. The van der Waals surface area contributed by atoms with Gasteiger partial charge in [-0.25, -0.2) is 0 Å². The third-order valence-corrected chi connectivity index (χ3v) is 4.57. The number of aliphatic hydroxyl groups is 1. The molecule has 0 bridgehead atoms. The Kier molecular flexibility index (Phi) is 6.03. The van der Waals surface area contributed by atoms with E-state index in [-0.39, 0.29) is 0 Å². The van der Waals surface area contributed by atoms with E-state index in [1.54, 1.807) is 18.9 Å². The Bertz CT molecular complexity index is 390. The molecule has 2 nitrogen and oxygen atoms in total. The summed E-state index contributed by atoms with van der Waals surface area (Å²) in [6.07, 6.45) is 0.668. The van der Waals surface area contributed by atoms with Crippen LogP contribution in [0.3, 0.4) is 0 Å². The van der Waals surface area contributed by atoms with Crippen molar-refractivity contribution in [1.29, 1.82) is 0 Å². The first-order valence-corrected chi connectivity index (χ1v) is 7.49. The van der Waals surface area contributed by atoms with Crippen molar-refractivity contribution in [3.63, 3.8) is 0 Å². The molecule has 0 amide bonds. The van der Waals surface area contributed by atoms with Gasteiger partial charge in [-0.3, -0.25) is 0 Å². The highest BCUT2D eigenvalue weighted by atomic mass is 32.2. The molecule has 1 aromatic rings. The summed E-state index contributed by atoms with van der Waals surface area (Å²) in [7, 11) is 1.66. The van der Waals surface area contributed by atoms with Gasteiger partial charge in [-0.05, 0) is 37.5 Å². The molecule has 0 saturated carbocycles. The van der Waals surface area contributed by atoms with Gasteiger partial charge >= 0.3 is 0 Å². The van der Waals surface area contributed by atoms with E-state index in [2.05, 4.69) is 19.9 Å². The molecule has 1 aromatic carbocycles. The van der Waals surface area contributed by atoms with Crippen LogP contribution < -0.4 is 4.74 Å². The molecule has 2 unspecified atom stereocenters. The zero-order valence-electron chi connectivity index (χ0n) is 12.0. The number of benzene rings is 1.